The van der Waals surface area contributed by atoms with Gasteiger partial charge in [-0.2, -0.15) is 0 Å². The molecule has 5 nitrogen and oxygen atoms in total. The predicted octanol–water partition coefficient (Wildman–Crippen LogP) is 1.92. The predicted molar refractivity (Wildman–Crippen MR) is 72.3 cm³/mol. The van der Waals surface area contributed by atoms with Crippen LogP contribution in [0.2, 0.25) is 0 Å². The SMILES string of the molecule is CCOC(=O)C1CCCN(OCc2ccccc2)C1=O. The molecule has 1 amide bonds. The molecule has 1 saturated heterocycles. The molecule has 0 aliphatic carbocycles. The highest BCUT2D eigenvalue weighted by atomic mass is 16.7. The second-order valence-corrected chi connectivity index (χ2v) is 4.65. The van der Waals surface area contributed by atoms with E-state index in [1.807, 2.05) is 30.3 Å². The number of carbonyl (C=O) groups excluding carboxylic acids is 2. The van der Waals surface area contributed by atoms with Gasteiger partial charge >= 0.3 is 5.97 Å². The number of ether oxygens (including phenoxy) is 1. The molecule has 0 N–H and O–H groups in total. The summed E-state index contributed by atoms with van der Waals surface area (Å²) in [6, 6.07) is 9.61. The zero-order valence-electron chi connectivity index (χ0n) is 11.6. The third kappa shape index (κ3) is 3.57. The summed E-state index contributed by atoms with van der Waals surface area (Å²) >= 11 is 0. The number of nitrogens with zero attached hydrogens (tertiary/aromatic N) is 1. The molecule has 0 bridgehead atoms. The molecule has 0 aromatic heterocycles. The van der Waals surface area contributed by atoms with Crippen molar-refractivity contribution < 1.29 is 19.2 Å². The minimum absolute atomic E-state index is 0.285. The van der Waals surface area contributed by atoms with Crippen LogP contribution in [0.3, 0.4) is 0 Å². The lowest BCUT2D eigenvalue weighted by atomic mass is 9.99. The Labute approximate surface area is 118 Å². The monoisotopic (exact) mass is 277 g/mol. The number of piperidine rings is 1. The normalized spacial score (nSPS) is 18.9. The Bertz CT molecular complexity index is 460. The van der Waals surface area contributed by atoms with Crippen molar-refractivity contribution in [2.75, 3.05) is 13.2 Å². The molecule has 1 aromatic carbocycles. The summed E-state index contributed by atoms with van der Waals surface area (Å²) in [5.41, 5.74) is 0.985. The van der Waals surface area contributed by atoms with E-state index in [4.69, 9.17) is 9.57 Å². The molecule has 1 atom stereocenters. The standard InChI is InChI=1S/C15H19NO4/c1-2-19-15(18)13-9-6-10-16(14(13)17)20-11-12-7-4-3-5-8-12/h3-5,7-8,13H,2,6,9-11H2,1H3. The number of benzene rings is 1. The van der Waals surface area contributed by atoms with Gasteiger partial charge in [0.05, 0.1) is 6.61 Å². The number of carbonyl (C=O) groups is 2. The van der Waals surface area contributed by atoms with Crippen LogP contribution < -0.4 is 0 Å². The molecule has 0 spiro atoms. The molecule has 1 fully saturated rings. The van der Waals surface area contributed by atoms with E-state index in [1.54, 1.807) is 6.92 Å². The van der Waals surface area contributed by atoms with Crippen LogP contribution in [0.1, 0.15) is 25.3 Å². The maximum atomic E-state index is 12.2. The van der Waals surface area contributed by atoms with Crippen molar-refractivity contribution >= 4 is 11.9 Å². The lowest BCUT2D eigenvalue weighted by Crippen LogP contribution is -2.44. The minimum Gasteiger partial charge on any atom is -0.465 e. The molecule has 1 heterocycles. The molecule has 1 aliphatic rings. The molecule has 0 saturated carbocycles. The molecule has 20 heavy (non-hydrogen) atoms. The first-order chi connectivity index (χ1) is 9.72. The van der Waals surface area contributed by atoms with Crippen molar-refractivity contribution in [2.24, 2.45) is 5.92 Å². The van der Waals surface area contributed by atoms with E-state index in [1.165, 1.54) is 5.06 Å². The van der Waals surface area contributed by atoms with Gasteiger partial charge in [0.1, 0.15) is 12.5 Å². The highest BCUT2D eigenvalue weighted by Gasteiger charge is 2.35. The third-order valence-electron chi connectivity index (χ3n) is 3.20. The van der Waals surface area contributed by atoms with Crippen LogP contribution in [0.25, 0.3) is 0 Å². The average molecular weight is 277 g/mol. The first kappa shape index (κ1) is 14.5. The summed E-state index contributed by atoms with van der Waals surface area (Å²) in [5.74, 6) is -1.48. The average Bonchev–Trinajstić information content (AvgIpc) is 2.47. The maximum absolute atomic E-state index is 12.2. The fourth-order valence-electron chi connectivity index (χ4n) is 2.16. The van der Waals surface area contributed by atoms with Crippen molar-refractivity contribution in [1.29, 1.82) is 0 Å². The van der Waals surface area contributed by atoms with Gasteiger partial charge in [-0.05, 0) is 25.3 Å². The van der Waals surface area contributed by atoms with Gasteiger partial charge in [0.15, 0.2) is 0 Å². The molecule has 108 valence electrons. The Kier molecular flexibility index (Phi) is 5.12. The van der Waals surface area contributed by atoms with Gasteiger partial charge < -0.3 is 4.74 Å². The van der Waals surface area contributed by atoms with Crippen molar-refractivity contribution in [1.82, 2.24) is 5.06 Å². The Hall–Kier alpha value is -1.88. The number of hydroxylamine groups is 2. The largest absolute Gasteiger partial charge is 0.465 e. The van der Waals surface area contributed by atoms with Crippen molar-refractivity contribution in [3.05, 3.63) is 35.9 Å². The maximum Gasteiger partial charge on any atom is 0.318 e. The van der Waals surface area contributed by atoms with E-state index in [0.29, 0.717) is 19.6 Å². The second-order valence-electron chi connectivity index (χ2n) is 4.65. The van der Waals surface area contributed by atoms with E-state index in [9.17, 15) is 9.59 Å². The smallest absolute Gasteiger partial charge is 0.318 e. The Morgan fingerprint density at radius 1 is 1.35 bits per heavy atom. The van der Waals surface area contributed by atoms with Gasteiger partial charge in [0, 0.05) is 6.54 Å². The summed E-state index contributed by atoms with van der Waals surface area (Å²) in [7, 11) is 0. The molecule has 1 unspecified atom stereocenters. The molecule has 5 heteroatoms. The van der Waals surface area contributed by atoms with Crippen molar-refractivity contribution in [3.8, 4) is 0 Å². The van der Waals surface area contributed by atoms with Crippen LogP contribution in [0.15, 0.2) is 30.3 Å². The van der Waals surface area contributed by atoms with Crippen molar-refractivity contribution in [3.63, 3.8) is 0 Å². The quantitative estimate of drug-likeness (QED) is 0.609. The highest BCUT2D eigenvalue weighted by Crippen LogP contribution is 2.20. The number of rotatable bonds is 5. The minimum atomic E-state index is -0.723. The van der Waals surface area contributed by atoms with Crippen molar-refractivity contribution in [2.45, 2.75) is 26.4 Å². The number of esters is 1. The van der Waals surface area contributed by atoms with Crippen LogP contribution in [0.4, 0.5) is 0 Å². The molecule has 1 aromatic rings. The first-order valence-corrected chi connectivity index (χ1v) is 6.87. The van der Waals surface area contributed by atoms with Crippen LogP contribution in [0.5, 0.6) is 0 Å². The molecule has 1 aliphatic heterocycles. The van der Waals surface area contributed by atoms with Gasteiger partial charge in [-0.25, -0.2) is 5.06 Å². The van der Waals surface area contributed by atoms with Gasteiger partial charge in [-0.15, -0.1) is 0 Å². The second kappa shape index (κ2) is 7.05. The van der Waals surface area contributed by atoms with Crippen LogP contribution in [-0.4, -0.2) is 30.1 Å². The van der Waals surface area contributed by atoms with Gasteiger partial charge in [0.25, 0.3) is 5.91 Å². The lowest BCUT2D eigenvalue weighted by molar-refractivity contribution is -0.205. The Balaban J connectivity index is 1.91. The summed E-state index contributed by atoms with van der Waals surface area (Å²) < 4.78 is 4.92. The Morgan fingerprint density at radius 3 is 2.80 bits per heavy atom. The van der Waals surface area contributed by atoms with Crippen LogP contribution in [0, 0.1) is 5.92 Å². The molecule has 2 rings (SSSR count). The molecular formula is C15H19NO4. The summed E-state index contributed by atoms with van der Waals surface area (Å²) in [4.78, 5) is 29.4. The van der Waals surface area contributed by atoms with E-state index < -0.39 is 11.9 Å². The van der Waals surface area contributed by atoms with Crippen LogP contribution >= 0.6 is 0 Å². The first-order valence-electron chi connectivity index (χ1n) is 6.87. The number of hydrogen-bond acceptors (Lipinski definition) is 4. The van der Waals surface area contributed by atoms with E-state index in [0.717, 1.165) is 12.0 Å². The summed E-state index contributed by atoms with van der Waals surface area (Å²) in [6.45, 7) is 2.85. The van der Waals surface area contributed by atoms with E-state index in [-0.39, 0.29) is 12.5 Å². The topological polar surface area (TPSA) is 55.8 Å². The third-order valence-corrected chi connectivity index (χ3v) is 3.20. The zero-order chi connectivity index (χ0) is 14.4. The fraction of sp³-hybridized carbons (Fsp3) is 0.467. The highest BCUT2D eigenvalue weighted by molar-refractivity contribution is 5.97. The molecule has 0 radical (unpaired) electrons. The van der Waals surface area contributed by atoms with E-state index >= 15 is 0 Å². The van der Waals surface area contributed by atoms with Gasteiger partial charge in [0.2, 0.25) is 0 Å². The summed E-state index contributed by atoms with van der Waals surface area (Å²) in [6.07, 6.45) is 1.27. The van der Waals surface area contributed by atoms with Gasteiger partial charge in [-0.3, -0.25) is 14.4 Å². The number of hydrogen-bond donors (Lipinski definition) is 0. The van der Waals surface area contributed by atoms with Crippen LogP contribution in [-0.2, 0) is 25.8 Å². The van der Waals surface area contributed by atoms with E-state index in [2.05, 4.69) is 0 Å². The van der Waals surface area contributed by atoms with Gasteiger partial charge in [-0.1, -0.05) is 30.3 Å². The molecular weight excluding hydrogens is 258 g/mol. The lowest BCUT2D eigenvalue weighted by Gasteiger charge is -2.30. The fourth-order valence-corrected chi connectivity index (χ4v) is 2.16. The summed E-state index contributed by atoms with van der Waals surface area (Å²) in [5, 5.41) is 1.29. The zero-order valence-corrected chi connectivity index (χ0v) is 11.6. The number of amides is 1. The Morgan fingerprint density at radius 2 is 2.10 bits per heavy atom.